The molecule has 1 nitrogen and oxygen atoms in total. The Bertz CT molecular complexity index is 110. The monoisotopic (exact) mass is 155 g/mol. The Kier molecular flexibility index (Phi) is 2.94. The minimum atomic E-state index is 0.841. The van der Waals surface area contributed by atoms with Crippen LogP contribution >= 0.6 is 0 Å². The van der Waals surface area contributed by atoms with E-state index in [9.17, 15) is 0 Å². The Morgan fingerprint density at radius 3 is 1.73 bits per heavy atom. The molecule has 0 N–H and O–H groups in total. The minimum Gasteiger partial charge on any atom is -0.306 e. The topological polar surface area (TPSA) is 3.24 Å². The summed E-state index contributed by atoms with van der Waals surface area (Å²) in [7, 11) is 4.41. The van der Waals surface area contributed by atoms with E-state index in [0.717, 1.165) is 17.9 Å². The molecule has 0 saturated heterocycles. The molecule has 0 heterocycles. The molecule has 2 unspecified atom stereocenters. The van der Waals surface area contributed by atoms with Crippen molar-refractivity contribution in [3.8, 4) is 0 Å². The van der Waals surface area contributed by atoms with Gasteiger partial charge in [0, 0.05) is 6.04 Å². The van der Waals surface area contributed by atoms with Crippen molar-refractivity contribution in [3.05, 3.63) is 0 Å². The summed E-state index contributed by atoms with van der Waals surface area (Å²) in [6, 6.07) is 0.841. The molecule has 66 valence electrons. The molecule has 1 rings (SSSR count). The van der Waals surface area contributed by atoms with Gasteiger partial charge in [0.2, 0.25) is 0 Å². The predicted molar refractivity (Wildman–Crippen MR) is 49.7 cm³/mol. The molecule has 0 radical (unpaired) electrons. The van der Waals surface area contributed by atoms with Crippen LogP contribution in [0, 0.1) is 11.8 Å². The second-order valence-corrected chi connectivity index (χ2v) is 4.53. The fourth-order valence-corrected chi connectivity index (χ4v) is 2.33. The first kappa shape index (κ1) is 9.05. The highest BCUT2D eigenvalue weighted by molar-refractivity contribution is 4.78. The highest BCUT2D eigenvalue weighted by Gasteiger charge is 2.24. The lowest BCUT2D eigenvalue weighted by Gasteiger charge is -2.35. The molecule has 0 bridgehead atoms. The normalized spacial score (nSPS) is 39.5. The highest BCUT2D eigenvalue weighted by atomic mass is 15.1. The van der Waals surface area contributed by atoms with E-state index < -0.39 is 0 Å². The van der Waals surface area contributed by atoms with Gasteiger partial charge in [0.15, 0.2) is 0 Å². The van der Waals surface area contributed by atoms with Crippen LogP contribution in [-0.4, -0.2) is 25.0 Å². The number of rotatable bonds is 1. The van der Waals surface area contributed by atoms with Gasteiger partial charge in [-0.05, 0) is 45.2 Å². The van der Waals surface area contributed by atoms with Crippen molar-refractivity contribution in [3.63, 3.8) is 0 Å². The number of hydrogen-bond acceptors (Lipinski definition) is 1. The summed E-state index contributed by atoms with van der Waals surface area (Å²) in [6.07, 6.45) is 4.24. The molecule has 0 spiro atoms. The van der Waals surface area contributed by atoms with Crippen LogP contribution in [0.1, 0.15) is 33.1 Å². The van der Waals surface area contributed by atoms with Crippen molar-refractivity contribution in [2.45, 2.75) is 39.2 Å². The molecule has 1 saturated carbocycles. The molecule has 1 aliphatic rings. The largest absolute Gasteiger partial charge is 0.306 e. The van der Waals surface area contributed by atoms with Crippen molar-refractivity contribution < 1.29 is 0 Å². The van der Waals surface area contributed by atoms with Gasteiger partial charge in [-0.2, -0.15) is 0 Å². The van der Waals surface area contributed by atoms with E-state index in [2.05, 4.69) is 32.8 Å². The molecule has 0 amide bonds. The van der Waals surface area contributed by atoms with E-state index >= 15 is 0 Å². The lowest BCUT2D eigenvalue weighted by Crippen LogP contribution is -2.35. The Balaban J connectivity index is 2.43. The molecule has 0 aromatic heterocycles. The van der Waals surface area contributed by atoms with E-state index in [0.29, 0.717) is 0 Å². The van der Waals surface area contributed by atoms with Gasteiger partial charge in [0.25, 0.3) is 0 Å². The van der Waals surface area contributed by atoms with E-state index in [1.165, 1.54) is 19.3 Å². The lowest BCUT2D eigenvalue weighted by atomic mass is 9.80. The summed E-state index contributed by atoms with van der Waals surface area (Å²) in [5.74, 6) is 1.87. The van der Waals surface area contributed by atoms with Gasteiger partial charge in [0.1, 0.15) is 0 Å². The summed E-state index contributed by atoms with van der Waals surface area (Å²) in [5.41, 5.74) is 0. The van der Waals surface area contributed by atoms with Crippen LogP contribution in [0.3, 0.4) is 0 Å². The van der Waals surface area contributed by atoms with E-state index in [1.807, 2.05) is 0 Å². The first-order valence-electron chi connectivity index (χ1n) is 4.76. The van der Waals surface area contributed by atoms with Crippen LogP contribution < -0.4 is 0 Å². The van der Waals surface area contributed by atoms with Gasteiger partial charge in [-0.3, -0.25) is 0 Å². The van der Waals surface area contributed by atoms with Crippen molar-refractivity contribution >= 4 is 0 Å². The maximum absolute atomic E-state index is 2.38. The molecule has 0 aromatic carbocycles. The second-order valence-electron chi connectivity index (χ2n) is 4.53. The molecule has 11 heavy (non-hydrogen) atoms. The molecule has 2 atom stereocenters. The molecule has 0 aromatic rings. The second kappa shape index (κ2) is 3.57. The lowest BCUT2D eigenvalue weighted by molar-refractivity contribution is 0.156. The summed E-state index contributed by atoms with van der Waals surface area (Å²) < 4.78 is 0. The van der Waals surface area contributed by atoms with Crippen molar-refractivity contribution in [2.75, 3.05) is 14.1 Å². The number of nitrogens with zero attached hydrogens (tertiary/aromatic N) is 1. The maximum Gasteiger partial charge on any atom is 0.00942 e. The molecular weight excluding hydrogens is 134 g/mol. The Labute approximate surface area is 70.8 Å². The molecule has 1 heteroatoms. The Hall–Kier alpha value is -0.0400. The summed E-state index contributed by atoms with van der Waals surface area (Å²) in [5, 5.41) is 0. The zero-order chi connectivity index (χ0) is 8.43. The average Bonchev–Trinajstić information content (AvgIpc) is 1.85. The van der Waals surface area contributed by atoms with E-state index in [1.54, 1.807) is 0 Å². The first-order chi connectivity index (χ1) is 5.09. The summed E-state index contributed by atoms with van der Waals surface area (Å²) in [4.78, 5) is 2.38. The zero-order valence-electron chi connectivity index (χ0n) is 8.30. The maximum atomic E-state index is 2.38. The first-order valence-corrected chi connectivity index (χ1v) is 4.76. The van der Waals surface area contributed by atoms with Crippen molar-refractivity contribution in [1.82, 2.24) is 4.90 Å². The van der Waals surface area contributed by atoms with Crippen LogP contribution in [0.4, 0.5) is 0 Å². The van der Waals surface area contributed by atoms with Crippen LogP contribution in [0.2, 0.25) is 0 Å². The van der Waals surface area contributed by atoms with Gasteiger partial charge in [-0.1, -0.05) is 13.8 Å². The SMILES string of the molecule is CC1CC(C)CC(N(C)C)C1. The fourth-order valence-electron chi connectivity index (χ4n) is 2.33. The molecular formula is C10H21N. The fraction of sp³-hybridized carbons (Fsp3) is 1.00. The van der Waals surface area contributed by atoms with Crippen LogP contribution in [-0.2, 0) is 0 Å². The molecule has 1 aliphatic carbocycles. The third-order valence-electron chi connectivity index (χ3n) is 2.88. The van der Waals surface area contributed by atoms with Gasteiger partial charge in [0.05, 0.1) is 0 Å². The van der Waals surface area contributed by atoms with Crippen LogP contribution in [0.25, 0.3) is 0 Å². The Morgan fingerprint density at radius 2 is 1.36 bits per heavy atom. The van der Waals surface area contributed by atoms with Crippen LogP contribution in [0.15, 0.2) is 0 Å². The third kappa shape index (κ3) is 2.48. The van der Waals surface area contributed by atoms with Gasteiger partial charge < -0.3 is 4.90 Å². The quantitative estimate of drug-likeness (QED) is 0.562. The average molecular weight is 155 g/mol. The molecule has 0 aliphatic heterocycles. The van der Waals surface area contributed by atoms with E-state index in [-0.39, 0.29) is 0 Å². The summed E-state index contributed by atoms with van der Waals surface area (Å²) >= 11 is 0. The predicted octanol–water partition coefficient (Wildman–Crippen LogP) is 2.37. The van der Waals surface area contributed by atoms with Gasteiger partial charge >= 0.3 is 0 Å². The van der Waals surface area contributed by atoms with E-state index in [4.69, 9.17) is 0 Å². The van der Waals surface area contributed by atoms with Gasteiger partial charge in [-0.15, -0.1) is 0 Å². The smallest absolute Gasteiger partial charge is 0.00942 e. The zero-order valence-corrected chi connectivity index (χ0v) is 8.30. The molecule has 1 fully saturated rings. The van der Waals surface area contributed by atoms with Gasteiger partial charge in [-0.25, -0.2) is 0 Å². The Morgan fingerprint density at radius 1 is 0.909 bits per heavy atom. The van der Waals surface area contributed by atoms with Crippen molar-refractivity contribution in [2.24, 2.45) is 11.8 Å². The standard InChI is InChI=1S/C10H21N/c1-8-5-9(2)7-10(6-8)11(3)4/h8-10H,5-7H2,1-4H3. The summed E-state index contributed by atoms with van der Waals surface area (Å²) in [6.45, 7) is 4.76. The highest BCUT2D eigenvalue weighted by Crippen LogP contribution is 2.30. The van der Waals surface area contributed by atoms with Crippen molar-refractivity contribution in [1.29, 1.82) is 0 Å². The minimum absolute atomic E-state index is 0.841. The van der Waals surface area contributed by atoms with Crippen LogP contribution in [0.5, 0.6) is 0 Å². The number of hydrogen-bond donors (Lipinski definition) is 0. The third-order valence-corrected chi connectivity index (χ3v) is 2.88.